The van der Waals surface area contributed by atoms with Crippen LogP contribution in [0.3, 0.4) is 0 Å². The molecule has 0 atom stereocenters. The van der Waals surface area contributed by atoms with Crippen LogP contribution < -0.4 is 5.32 Å². The summed E-state index contributed by atoms with van der Waals surface area (Å²) in [7, 11) is -0.781. The number of nitrogens with one attached hydrogen (secondary N) is 1. The second-order valence-electron chi connectivity index (χ2n) is 5.25. The molecule has 2 aromatic rings. The van der Waals surface area contributed by atoms with Gasteiger partial charge in [-0.3, -0.25) is 4.79 Å². The normalized spacial score (nSPS) is 11.5. The number of carbonyl (C=O) groups excluding carboxylic acids is 1. The molecule has 0 heterocycles. The van der Waals surface area contributed by atoms with Crippen LogP contribution in [-0.4, -0.2) is 32.7 Å². The van der Waals surface area contributed by atoms with Crippen molar-refractivity contribution in [3.05, 3.63) is 58.6 Å². The predicted molar refractivity (Wildman–Crippen MR) is 91.5 cm³/mol. The van der Waals surface area contributed by atoms with Crippen molar-refractivity contribution in [1.82, 2.24) is 4.31 Å². The Morgan fingerprint density at radius 2 is 1.83 bits per heavy atom. The minimum Gasteiger partial charge on any atom is -0.322 e. The van der Waals surface area contributed by atoms with E-state index in [1.54, 1.807) is 6.07 Å². The fraction of sp³-hybridized carbons (Fsp3) is 0.188. The van der Waals surface area contributed by atoms with Crippen LogP contribution in [-0.2, 0) is 10.0 Å². The number of amides is 1. The van der Waals surface area contributed by atoms with Gasteiger partial charge in [0.25, 0.3) is 5.91 Å². The second kappa shape index (κ2) is 6.70. The molecule has 2 aromatic carbocycles. The summed E-state index contributed by atoms with van der Waals surface area (Å²) in [6.45, 7) is 1.91. The van der Waals surface area contributed by atoms with Crippen LogP contribution in [0.15, 0.2) is 47.4 Å². The Kier molecular flexibility index (Phi) is 5.09. The van der Waals surface area contributed by atoms with Gasteiger partial charge in [-0.2, -0.15) is 0 Å². The van der Waals surface area contributed by atoms with Crippen molar-refractivity contribution in [3.63, 3.8) is 0 Å². The van der Waals surface area contributed by atoms with E-state index in [1.165, 1.54) is 32.3 Å². The van der Waals surface area contributed by atoms with Gasteiger partial charge in [0.1, 0.15) is 0 Å². The van der Waals surface area contributed by atoms with E-state index in [4.69, 9.17) is 11.6 Å². The van der Waals surface area contributed by atoms with E-state index in [1.807, 2.05) is 25.1 Å². The van der Waals surface area contributed by atoms with Gasteiger partial charge < -0.3 is 5.32 Å². The number of rotatable bonds is 4. The van der Waals surface area contributed by atoms with E-state index >= 15 is 0 Å². The molecule has 23 heavy (non-hydrogen) atoms. The predicted octanol–water partition coefficient (Wildman–Crippen LogP) is 3.15. The number of benzene rings is 2. The molecule has 0 aliphatic carbocycles. The lowest BCUT2D eigenvalue weighted by molar-refractivity contribution is 0.102. The Balaban J connectivity index is 2.37. The molecule has 0 aliphatic heterocycles. The van der Waals surface area contributed by atoms with Crippen LogP contribution in [0.1, 0.15) is 15.9 Å². The van der Waals surface area contributed by atoms with Crippen LogP contribution >= 0.6 is 11.6 Å². The molecule has 5 nitrogen and oxygen atoms in total. The Morgan fingerprint density at radius 1 is 1.13 bits per heavy atom. The van der Waals surface area contributed by atoms with Gasteiger partial charge in [-0.15, -0.1) is 0 Å². The Morgan fingerprint density at radius 3 is 2.43 bits per heavy atom. The van der Waals surface area contributed by atoms with E-state index < -0.39 is 15.9 Å². The summed E-state index contributed by atoms with van der Waals surface area (Å²) < 4.78 is 25.4. The molecule has 1 amide bonds. The topological polar surface area (TPSA) is 66.5 Å². The van der Waals surface area contributed by atoms with Gasteiger partial charge in [0.05, 0.1) is 15.5 Å². The fourth-order valence-electron chi connectivity index (χ4n) is 1.97. The minimum absolute atomic E-state index is 0.0151. The number of hydrogen-bond donors (Lipinski definition) is 1. The highest BCUT2D eigenvalue weighted by atomic mass is 35.5. The molecule has 0 saturated heterocycles. The highest BCUT2D eigenvalue weighted by Gasteiger charge is 2.20. The standard InChI is InChI=1S/C16H17ClN2O3S/c1-11-5-4-6-12(9-11)18-16(20)14-10-13(7-8-15(14)17)23(21,22)19(2)3/h4-10H,1-3H3,(H,18,20). The maximum absolute atomic E-state index is 12.4. The highest BCUT2D eigenvalue weighted by molar-refractivity contribution is 7.89. The highest BCUT2D eigenvalue weighted by Crippen LogP contribution is 2.23. The molecule has 0 radical (unpaired) electrons. The third kappa shape index (κ3) is 3.90. The molecule has 1 N–H and O–H groups in total. The SMILES string of the molecule is Cc1cccc(NC(=O)c2cc(S(=O)(=O)N(C)C)ccc2Cl)c1. The van der Waals surface area contributed by atoms with Crippen molar-refractivity contribution in [1.29, 1.82) is 0 Å². The van der Waals surface area contributed by atoms with Crippen LogP contribution in [0.5, 0.6) is 0 Å². The average molecular weight is 353 g/mol. The quantitative estimate of drug-likeness (QED) is 0.919. The minimum atomic E-state index is -3.63. The first kappa shape index (κ1) is 17.5. The monoisotopic (exact) mass is 352 g/mol. The van der Waals surface area contributed by atoms with E-state index in [-0.39, 0.29) is 15.5 Å². The number of nitrogens with zero attached hydrogens (tertiary/aromatic N) is 1. The van der Waals surface area contributed by atoms with Crippen LogP contribution in [0.2, 0.25) is 5.02 Å². The summed E-state index contributed by atoms with van der Waals surface area (Å²) in [5, 5.41) is 2.90. The Labute approximate surface area is 140 Å². The zero-order valence-electron chi connectivity index (χ0n) is 13.0. The number of sulfonamides is 1. The third-order valence-corrected chi connectivity index (χ3v) is 5.38. The lowest BCUT2D eigenvalue weighted by Crippen LogP contribution is -2.23. The van der Waals surface area contributed by atoms with E-state index in [0.717, 1.165) is 9.87 Å². The van der Waals surface area contributed by atoms with Crippen molar-refractivity contribution in [2.75, 3.05) is 19.4 Å². The van der Waals surface area contributed by atoms with Gasteiger partial charge in [0.2, 0.25) is 10.0 Å². The van der Waals surface area contributed by atoms with Crippen LogP contribution in [0.25, 0.3) is 0 Å². The maximum atomic E-state index is 12.4. The lowest BCUT2D eigenvalue weighted by atomic mass is 10.2. The largest absolute Gasteiger partial charge is 0.322 e. The number of aryl methyl sites for hydroxylation is 1. The van der Waals surface area contributed by atoms with Gasteiger partial charge >= 0.3 is 0 Å². The maximum Gasteiger partial charge on any atom is 0.257 e. The molecule has 0 spiro atoms. The molecular weight excluding hydrogens is 336 g/mol. The Bertz CT molecular complexity index is 848. The van der Waals surface area contributed by atoms with Gasteiger partial charge in [0.15, 0.2) is 0 Å². The van der Waals surface area contributed by atoms with Gasteiger partial charge in [0, 0.05) is 19.8 Å². The van der Waals surface area contributed by atoms with Crippen molar-refractivity contribution < 1.29 is 13.2 Å². The number of halogens is 1. The molecule has 0 aromatic heterocycles. The summed E-state index contributed by atoms with van der Waals surface area (Å²) in [5.41, 5.74) is 1.72. The third-order valence-electron chi connectivity index (χ3n) is 3.24. The van der Waals surface area contributed by atoms with Crippen molar-refractivity contribution in [2.24, 2.45) is 0 Å². The smallest absolute Gasteiger partial charge is 0.257 e. The number of carbonyl (C=O) groups is 1. The van der Waals surface area contributed by atoms with E-state index in [0.29, 0.717) is 5.69 Å². The van der Waals surface area contributed by atoms with Crippen LogP contribution in [0, 0.1) is 6.92 Å². The molecule has 7 heteroatoms. The molecule has 0 unspecified atom stereocenters. The van der Waals surface area contributed by atoms with Crippen molar-refractivity contribution in [2.45, 2.75) is 11.8 Å². The number of hydrogen-bond acceptors (Lipinski definition) is 3. The Hall–Kier alpha value is -1.89. The van der Waals surface area contributed by atoms with Crippen molar-refractivity contribution >= 4 is 33.2 Å². The summed E-state index contributed by atoms with van der Waals surface area (Å²) in [6.07, 6.45) is 0. The van der Waals surface area contributed by atoms with Crippen molar-refractivity contribution in [3.8, 4) is 0 Å². The second-order valence-corrected chi connectivity index (χ2v) is 7.81. The molecule has 0 aliphatic rings. The fourth-order valence-corrected chi connectivity index (χ4v) is 3.10. The summed E-state index contributed by atoms with van der Waals surface area (Å²) in [4.78, 5) is 12.4. The zero-order chi connectivity index (χ0) is 17.2. The molecule has 0 saturated carbocycles. The summed E-state index contributed by atoms with van der Waals surface area (Å²) >= 11 is 6.05. The van der Waals surface area contributed by atoms with Gasteiger partial charge in [-0.05, 0) is 42.8 Å². The number of anilines is 1. The van der Waals surface area contributed by atoms with Crippen LogP contribution in [0.4, 0.5) is 5.69 Å². The van der Waals surface area contributed by atoms with E-state index in [2.05, 4.69) is 5.32 Å². The molecule has 0 bridgehead atoms. The van der Waals surface area contributed by atoms with E-state index in [9.17, 15) is 13.2 Å². The molecule has 122 valence electrons. The molecule has 0 fully saturated rings. The average Bonchev–Trinajstić information content (AvgIpc) is 2.47. The lowest BCUT2D eigenvalue weighted by Gasteiger charge is -2.13. The summed E-state index contributed by atoms with van der Waals surface area (Å²) in [5.74, 6) is -0.462. The summed E-state index contributed by atoms with van der Waals surface area (Å²) in [6, 6.07) is 11.4. The molecular formula is C16H17ClN2O3S. The van der Waals surface area contributed by atoms with Gasteiger partial charge in [-0.1, -0.05) is 23.7 Å². The zero-order valence-corrected chi connectivity index (χ0v) is 14.6. The first-order valence-corrected chi connectivity index (χ1v) is 8.63. The van der Waals surface area contributed by atoms with Gasteiger partial charge in [-0.25, -0.2) is 12.7 Å². The molecule has 2 rings (SSSR count). The first-order valence-electron chi connectivity index (χ1n) is 6.82. The first-order chi connectivity index (χ1) is 10.7.